The molecule has 1 aromatic carbocycles. The molecule has 1 aromatic rings. The maximum absolute atomic E-state index is 12.5. The molecule has 0 aliphatic carbocycles. The molecular weight excluding hydrogens is 349 g/mol. The van der Waals surface area contributed by atoms with Crippen LogP contribution in [0.3, 0.4) is 0 Å². The van der Waals surface area contributed by atoms with Crippen molar-refractivity contribution in [2.24, 2.45) is 11.8 Å². The van der Waals surface area contributed by atoms with E-state index in [1.165, 1.54) is 6.07 Å². The summed E-state index contributed by atoms with van der Waals surface area (Å²) >= 11 is 0. The van der Waals surface area contributed by atoms with E-state index in [0.29, 0.717) is 12.8 Å². The number of hydrogen-bond donors (Lipinski definition) is 5. The van der Waals surface area contributed by atoms with E-state index < -0.39 is 29.2 Å². The lowest BCUT2D eigenvalue weighted by atomic mass is 9.80. The average molecular weight is 371 g/mol. The number of rotatable bonds is 8. The highest BCUT2D eigenvalue weighted by Gasteiger charge is 2.42. The van der Waals surface area contributed by atoms with Crippen LogP contribution in [0.4, 0.5) is 11.4 Å². The standard InChI is InChI=1S/C14H22BN3O6S/c16-12-5-1-2-6-13(12)17-25(23,24)18-8-10(4-3-7-15(21)22)11(9-18)14(19)20/h1-2,5-6,10-11,17,21-22H,3-4,7-9,16H2,(H,19,20). The quantitative estimate of drug-likeness (QED) is 0.314. The van der Waals surface area contributed by atoms with Gasteiger partial charge in [-0.3, -0.25) is 9.52 Å². The Bertz CT molecular complexity index is 714. The Kier molecular flexibility index (Phi) is 6.28. The fourth-order valence-corrected chi connectivity index (χ4v) is 4.29. The molecular formula is C14H22BN3O6S. The van der Waals surface area contributed by atoms with Gasteiger partial charge < -0.3 is 20.9 Å². The molecule has 1 fully saturated rings. The number of nitrogens with one attached hydrogen (secondary N) is 1. The van der Waals surface area contributed by atoms with Crippen LogP contribution in [0.15, 0.2) is 24.3 Å². The summed E-state index contributed by atoms with van der Waals surface area (Å²) in [5.41, 5.74) is 6.25. The van der Waals surface area contributed by atoms with Gasteiger partial charge in [0.05, 0.1) is 17.3 Å². The number of carboxylic acid groups (broad SMARTS) is 1. The van der Waals surface area contributed by atoms with E-state index >= 15 is 0 Å². The number of aliphatic carboxylic acids is 1. The normalized spacial score (nSPS) is 21.2. The number of nitrogen functional groups attached to an aromatic ring is 1. The minimum Gasteiger partial charge on any atom is -0.481 e. The third-order valence-corrected chi connectivity index (χ3v) is 5.76. The average Bonchev–Trinajstić information content (AvgIpc) is 2.94. The van der Waals surface area contributed by atoms with Crippen molar-refractivity contribution in [2.75, 3.05) is 23.5 Å². The molecule has 1 saturated heterocycles. The van der Waals surface area contributed by atoms with Gasteiger partial charge in [-0.05, 0) is 30.8 Å². The molecule has 2 atom stereocenters. The van der Waals surface area contributed by atoms with Gasteiger partial charge in [-0.1, -0.05) is 18.6 Å². The molecule has 1 heterocycles. The van der Waals surface area contributed by atoms with Crippen LogP contribution in [0.2, 0.25) is 6.32 Å². The zero-order chi connectivity index (χ0) is 18.6. The highest BCUT2D eigenvalue weighted by Crippen LogP contribution is 2.31. The van der Waals surface area contributed by atoms with Gasteiger partial charge in [0, 0.05) is 13.1 Å². The monoisotopic (exact) mass is 371 g/mol. The topological polar surface area (TPSA) is 153 Å². The van der Waals surface area contributed by atoms with Crippen molar-refractivity contribution in [3.8, 4) is 0 Å². The van der Waals surface area contributed by atoms with E-state index in [1.54, 1.807) is 18.2 Å². The van der Waals surface area contributed by atoms with Gasteiger partial charge in [0.1, 0.15) is 0 Å². The molecule has 0 spiro atoms. The summed E-state index contributed by atoms with van der Waals surface area (Å²) in [4.78, 5) is 11.4. The first-order chi connectivity index (χ1) is 11.7. The summed E-state index contributed by atoms with van der Waals surface area (Å²) < 4.78 is 28.6. The Morgan fingerprint density at radius 1 is 1.32 bits per heavy atom. The zero-order valence-electron chi connectivity index (χ0n) is 13.6. The van der Waals surface area contributed by atoms with Gasteiger partial charge >= 0.3 is 23.3 Å². The van der Waals surface area contributed by atoms with Crippen LogP contribution in [0.25, 0.3) is 0 Å². The molecule has 11 heteroatoms. The number of carbonyl (C=O) groups is 1. The lowest BCUT2D eigenvalue weighted by Gasteiger charge is -2.18. The number of carboxylic acids is 1. The van der Waals surface area contributed by atoms with Crippen LogP contribution in [-0.2, 0) is 15.0 Å². The van der Waals surface area contributed by atoms with Gasteiger partial charge in [-0.2, -0.15) is 12.7 Å². The predicted octanol–water partition coefficient (Wildman–Crippen LogP) is -0.189. The lowest BCUT2D eigenvalue weighted by Crippen LogP contribution is -2.35. The second-order valence-electron chi connectivity index (χ2n) is 6.13. The van der Waals surface area contributed by atoms with E-state index in [4.69, 9.17) is 15.8 Å². The van der Waals surface area contributed by atoms with E-state index in [0.717, 1.165) is 4.31 Å². The third kappa shape index (κ3) is 5.08. The van der Waals surface area contributed by atoms with Crippen LogP contribution >= 0.6 is 0 Å². The number of para-hydroxylation sites is 2. The fourth-order valence-electron chi connectivity index (χ4n) is 2.96. The third-order valence-electron chi connectivity index (χ3n) is 4.30. The van der Waals surface area contributed by atoms with Crippen LogP contribution in [0.1, 0.15) is 12.8 Å². The molecule has 2 unspecified atom stereocenters. The molecule has 1 aliphatic heterocycles. The maximum atomic E-state index is 12.5. The van der Waals surface area contributed by atoms with Gasteiger partial charge in [0.25, 0.3) is 0 Å². The van der Waals surface area contributed by atoms with Crippen molar-refractivity contribution >= 4 is 34.7 Å². The predicted molar refractivity (Wildman–Crippen MR) is 93.8 cm³/mol. The van der Waals surface area contributed by atoms with E-state index in [2.05, 4.69) is 4.72 Å². The number of nitrogens with two attached hydrogens (primary N) is 1. The molecule has 9 nitrogen and oxygen atoms in total. The van der Waals surface area contributed by atoms with Crippen molar-refractivity contribution < 1.29 is 28.4 Å². The van der Waals surface area contributed by atoms with Gasteiger partial charge in [-0.25, -0.2) is 0 Å². The van der Waals surface area contributed by atoms with Crippen molar-refractivity contribution in [1.29, 1.82) is 0 Å². The first-order valence-electron chi connectivity index (χ1n) is 7.92. The van der Waals surface area contributed by atoms with E-state index in [-0.39, 0.29) is 36.7 Å². The molecule has 1 aliphatic rings. The highest BCUT2D eigenvalue weighted by molar-refractivity contribution is 7.90. The summed E-state index contributed by atoms with van der Waals surface area (Å²) in [6.45, 7) is -0.0791. The number of nitrogens with zero attached hydrogens (tertiary/aromatic N) is 1. The Hall–Kier alpha value is -1.82. The maximum Gasteiger partial charge on any atom is 0.451 e. The Balaban J connectivity index is 2.08. The second kappa shape index (κ2) is 8.04. The Morgan fingerprint density at radius 3 is 2.60 bits per heavy atom. The minimum atomic E-state index is -3.94. The minimum absolute atomic E-state index is 0.0561. The first kappa shape index (κ1) is 19.5. The SMILES string of the molecule is Nc1ccccc1NS(=O)(=O)N1CC(CCCB(O)O)C(C(=O)O)C1. The molecule has 2 rings (SSSR count). The molecule has 0 aromatic heterocycles. The largest absolute Gasteiger partial charge is 0.481 e. The molecule has 0 amide bonds. The van der Waals surface area contributed by atoms with E-state index in [9.17, 15) is 18.3 Å². The fraction of sp³-hybridized carbons (Fsp3) is 0.500. The summed E-state index contributed by atoms with van der Waals surface area (Å²) in [7, 11) is -5.39. The van der Waals surface area contributed by atoms with Gasteiger partial charge in [0.2, 0.25) is 0 Å². The summed E-state index contributed by atoms with van der Waals surface area (Å²) in [5.74, 6) is -2.28. The Morgan fingerprint density at radius 2 is 2.00 bits per heavy atom. The van der Waals surface area contributed by atoms with Crippen molar-refractivity contribution in [2.45, 2.75) is 19.2 Å². The molecule has 0 radical (unpaired) electrons. The van der Waals surface area contributed by atoms with Gasteiger partial charge in [0.15, 0.2) is 0 Å². The smallest absolute Gasteiger partial charge is 0.451 e. The number of hydrogen-bond acceptors (Lipinski definition) is 6. The number of benzene rings is 1. The first-order valence-corrected chi connectivity index (χ1v) is 9.36. The van der Waals surface area contributed by atoms with Crippen molar-refractivity contribution in [3.63, 3.8) is 0 Å². The molecule has 0 bridgehead atoms. The summed E-state index contributed by atoms with van der Waals surface area (Å²) in [5, 5.41) is 27.1. The molecule has 25 heavy (non-hydrogen) atoms. The number of anilines is 2. The molecule has 6 N–H and O–H groups in total. The summed E-state index contributed by atoms with van der Waals surface area (Å²) in [6, 6.07) is 6.40. The van der Waals surface area contributed by atoms with Crippen molar-refractivity contribution in [3.05, 3.63) is 24.3 Å². The molecule has 138 valence electrons. The highest BCUT2D eigenvalue weighted by atomic mass is 32.2. The molecule has 0 saturated carbocycles. The van der Waals surface area contributed by atoms with Crippen LogP contribution < -0.4 is 10.5 Å². The second-order valence-corrected chi connectivity index (χ2v) is 7.80. The van der Waals surface area contributed by atoms with Crippen LogP contribution in [0.5, 0.6) is 0 Å². The van der Waals surface area contributed by atoms with Crippen LogP contribution in [0, 0.1) is 11.8 Å². The summed E-state index contributed by atoms with van der Waals surface area (Å²) in [6.07, 6.45) is 0.918. The lowest BCUT2D eigenvalue weighted by molar-refractivity contribution is -0.142. The van der Waals surface area contributed by atoms with Crippen LogP contribution in [-0.4, -0.2) is 54.1 Å². The van der Waals surface area contributed by atoms with E-state index in [1.807, 2.05) is 0 Å². The van der Waals surface area contributed by atoms with Gasteiger partial charge in [-0.15, -0.1) is 0 Å². The Labute approximate surface area is 146 Å². The zero-order valence-corrected chi connectivity index (χ0v) is 14.4. The van der Waals surface area contributed by atoms with Crippen molar-refractivity contribution in [1.82, 2.24) is 4.31 Å².